The van der Waals surface area contributed by atoms with Gasteiger partial charge >= 0.3 is 18.2 Å². The van der Waals surface area contributed by atoms with Gasteiger partial charge in [0.25, 0.3) is 5.91 Å². The second-order valence-corrected chi connectivity index (χ2v) is 5.17. The molecule has 144 valence electrons. The number of halogens is 3. The van der Waals surface area contributed by atoms with Gasteiger partial charge in [0.2, 0.25) is 0 Å². The Morgan fingerprint density at radius 3 is 2.63 bits per heavy atom. The maximum absolute atomic E-state index is 12.0. The summed E-state index contributed by atoms with van der Waals surface area (Å²) in [7, 11) is 0. The normalized spacial score (nSPS) is 11.0. The predicted octanol–water partition coefficient (Wildman–Crippen LogP) is 1.12. The Balaban J connectivity index is 1.88. The lowest BCUT2D eigenvalue weighted by molar-refractivity contribution is -0.125. The quantitative estimate of drug-likeness (QED) is 0.746. The number of nitrogens with zero attached hydrogens (tertiary/aromatic N) is 3. The van der Waals surface area contributed by atoms with E-state index >= 15 is 0 Å². The third-order valence-electron chi connectivity index (χ3n) is 3.13. The number of esters is 1. The van der Waals surface area contributed by atoms with E-state index in [0.717, 1.165) is 0 Å². The molecule has 0 aliphatic rings. The molecular formula is C15H14F3N5O4. The van der Waals surface area contributed by atoms with Crippen molar-refractivity contribution >= 4 is 17.9 Å². The molecule has 2 rings (SSSR count). The van der Waals surface area contributed by atoms with Crippen LogP contribution in [-0.2, 0) is 9.53 Å². The highest BCUT2D eigenvalue weighted by Gasteiger charge is 2.28. The first-order valence-electron chi connectivity index (χ1n) is 7.45. The summed E-state index contributed by atoms with van der Waals surface area (Å²) in [6, 6.07) is 3.76. The number of ether oxygens (including phenoxy) is 1. The molecule has 0 bridgehead atoms. The van der Waals surface area contributed by atoms with Crippen LogP contribution in [0.4, 0.5) is 18.0 Å². The standard InChI is InChI=1S/C15H14F3N5O4/c1-9-10(6-21-23(9)11-4-2-3-5-19-11)13(25)27-7-12(24)22-14(26)20-8-15(16,17)18/h2-6H,7-8H2,1H3,(H2,20,22,24,26). The van der Waals surface area contributed by atoms with Crippen LogP contribution in [0.25, 0.3) is 5.82 Å². The SMILES string of the molecule is Cc1c(C(=O)OCC(=O)NC(=O)NCC(F)(F)F)cnn1-c1ccccn1. The first-order chi connectivity index (χ1) is 12.7. The van der Waals surface area contributed by atoms with E-state index in [9.17, 15) is 27.6 Å². The number of alkyl halides is 3. The van der Waals surface area contributed by atoms with E-state index in [1.54, 1.807) is 36.6 Å². The third kappa shape index (κ3) is 5.80. The number of hydrogen-bond donors (Lipinski definition) is 2. The summed E-state index contributed by atoms with van der Waals surface area (Å²) >= 11 is 0. The lowest BCUT2D eigenvalue weighted by atomic mass is 10.2. The van der Waals surface area contributed by atoms with Crippen molar-refractivity contribution in [3.05, 3.63) is 41.9 Å². The fourth-order valence-electron chi connectivity index (χ4n) is 1.92. The summed E-state index contributed by atoms with van der Waals surface area (Å²) in [5.74, 6) is -1.51. The maximum atomic E-state index is 12.0. The molecule has 0 spiro atoms. The molecule has 9 nitrogen and oxygen atoms in total. The molecule has 0 saturated carbocycles. The van der Waals surface area contributed by atoms with Crippen molar-refractivity contribution in [3.8, 4) is 5.82 Å². The van der Waals surface area contributed by atoms with Crippen LogP contribution < -0.4 is 10.6 Å². The smallest absolute Gasteiger partial charge is 0.405 e. The van der Waals surface area contributed by atoms with E-state index in [2.05, 4.69) is 10.1 Å². The van der Waals surface area contributed by atoms with Crippen molar-refractivity contribution in [2.75, 3.05) is 13.2 Å². The molecule has 0 atom stereocenters. The van der Waals surface area contributed by atoms with Gasteiger partial charge in [0.15, 0.2) is 12.4 Å². The van der Waals surface area contributed by atoms with Crippen LogP contribution in [0.3, 0.4) is 0 Å². The van der Waals surface area contributed by atoms with Gasteiger partial charge in [-0.25, -0.2) is 19.3 Å². The molecule has 2 heterocycles. The average Bonchev–Trinajstić information content (AvgIpc) is 2.99. The zero-order chi connectivity index (χ0) is 20.0. The maximum Gasteiger partial charge on any atom is 0.405 e. The largest absolute Gasteiger partial charge is 0.452 e. The molecule has 0 aromatic carbocycles. The molecule has 27 heavy (non-hydrogen) atoms. The minimum absolute atomic E-state index is 0.0648. The molecule has 3 amide bonds. The van der Waals surface area contributed by atoms with Crippen molar-refractivity contribution < 1.29 is 32.3 Å². The van der Waals surface area contributed by atoms with Gasteiger partial charge in [-0.3, -0.25) is 10.1 Å². The lowest BCUT2D eigenvalue weighted by Crippen LogP contribution is -2.44. The molecule has 0 aliphatic carbocycles. The number of amides is 3. The Hall–Kier alpha value is -3.44. The van der Waals surface area contributed by atoms with Gasteiger partial charge in [-0.05, 0) is 19.1 Å². The lowest BCUT2D eigenvalue weighted by Gasteiger charge is -2.09. The van der Waals surface area contributed by atoms with E-state index < -0.39 is 37.2 Å². The highest BCUT2D eigenvalue weighted by atomic mass is 19.4. The first kappa shape index (κ1) is 19.9. The van der Waals surface area contributed by atoms with Crippen molar-refractivity contribution in [2.24, 2.45) is 0 Å². The molecule has 2 aromatic rings. The Labute approximate surface area is 150 Å². The van der Waals surface area contributed by atoms with E-state index in [1.807, 2.05) is 0 Å². The number of imide groups is 1. The van der Waals surface area contributed by atoms with Crippen LogP contribution in [0.2, 0.25) is 0 Å². The Morgan fingerprint density at radius 2 is 2.00 bits per heavy atom. The monoisotopic (exact) mass is 385 g/mol. The second kappa shape index (κ2) is 8.29. The molecule has 0 fully saturated rings. The van der Waals surface area contributed by atoms with E-state index in [0.29, 0.717) is 11.5 Å². The van der Waals surface area contributed by atoms with Gasteiger partial charge < -0.3 is 10.1 Å². The van der Waals surface area contributed by atoms with Crippen LogP contribution in [0.5, 0.6) is 0 Å². The summed E-state index contributed by atoms with van der Waals surface area (Å²) in [6.07, 6.45) is -1.85. The van der Waals surface area contributed by atoms with Gasteiger partial charge in [-0.15, -0.1) is 0 Å². The first-order valence-corrected chi connectivity index (χ1v) is 7.45. The summed E-state index contributed by atoms with van der Waals surface area (Å²) < 4.78 is 42.0. The van der Waals surface area contributed by atoms with Gasteiger partial charge in [0, 0.05) is 6.20 Å². The summed E-state index contributed by atoms with van der Waals surface area (Å²) in [4.78, 5) is 38.7. The Kier molecular flexibility index (Phi) is 6.11. The van der Waals surface area contributed by atoms with Crippen LogP contribution in [0.1, 0.15) is 16.1 Å². The van der Waals surface area contributed by atoms with Gasteiger partial charge in [0.1, 0.15) is 12.1 Å². The number of carbonyl (C=O) groups is 3. The number of hydrogen-bond acceptors (Lipinski definition) is 6. The predicted molar refractivity (Wildman–Crippen MR) is 84.0 cm³/mol. The minimum Gasteiger partial charge on any atom is -0.452 e. The van der Waals surface area contributed by atoms with E-state index in [1.165, 1.54) is 16.2 Å². The molecule has 2 aromatic heterocycles. The van der Waals surface area contributed by atoms with Crippen molar-refractivity contribution in [1.82, 2.24) is 25.4 Å². The van der Waals surface area contributed by atoms with E-state index in [-0.39, 0.29) is 5.56 Å². The fraction of sp³-hybridized carbons (Fsp3) is 0.267. The second-order valence-electron chi connectivity index (χ2n) is 5.17. The number of urea groups is 1. The van der Waals surface area contributed by atoms with Gasteiger partial charge in [-0.2, -0.15) is 18.3 Å². The van der Waals surface area contributed by atoms with Crippen molar-refractivity contribution in [3.63, 3.8) is 0 Å². The Morgan fingerprint density at radius 1 is 1.26 bits per heavy atom. The zero-order valence-electron chi connectivity index (χ0n) is 13.9. The minimum atomic E-state index is -4.61. The third-order valence-corrected chi connectivity index (χ3v) is 3.13. The molecular weight excluding hydrogens is 371 g/mol. The van der Waals surface area contributed by atoms with Crippen LogP contribution in [-0.4, -0.2) is 52.0 Å². The van der Waals surface area contributed by atoms with Crippen LogP contribution in [0.15, 0.2) is 30.6 Å². The number of nitrogens with one attached hydrogen (secondary N) is 2. The molecule has 12 heteroatoms. The van der Waals surface area contributed by atoms with Gasteiger partial charge in [0.05, 0.1) is 11.9 Å². The fourth-order valence-corrected chi connectivity index (χ4v) is 1.92. The number of aromatic nitrogens is 3. The molecule has 0 unspecified atom stereocenters. The van der Waals surface area contributed by atoms with Crippen molar-refractivity contribution in [1.29, 1.82) is 0 Å². The summed E-state index contributed by atoms with van der Waals surface area (Å²) in [5, 5.41) is 7.07. The topological polar surface area (TPSA) is 115 Å². The Bertz CT molecular complexity index is 836. The van der Waals surface area contributed by atoms with Crippen LogP contribution >= 0.6 is 0 Å². The van der Waals surface area contributed by atoms with Crippen molar-refractivity contribution in [2.45, 2.75) is 13.1 Å². The molecule has 2 N–H and O–H groups in total. The molecule has 0 radical (unpaired) electrons. The highest BCUT2D eigenvalue weighted by Crippen LogP contribution is 2.13. The number of pyridine rings is 1. The van der Waals surface area contributed by atoms with Crippen LogP contribution in [0, 0.1) is 6.92 Å². The van der Waals surface area contributed by atoms with Gasteiger partial charge in [-0.1, -0.05) is 6.07 Å². The molecule has 0 aliphatic heterocycles. The summed E-state index contributed by atoms with van der Waals surface area (Å²) in [6.45, 7) is -0.868. The molecule has 0 saturated heterocycles. The average molecular weight is 385 g/mol. The zero-order valence-corrected chi connectivity index (χ0v) is 13.9. The number of carbonyl (C=O) groups excluding carboxylic acids is 3. The highest BCUT2D eigenvalue weighted by molar-refractivity contribution is 5.97. The number of rotatable bonds is 5. The van der Waals surface area contributed by atoms with E-state index in [4.69, 9.17) is 4.74 Å². The summed E-state index contributed by atoms with van der Waals surface area (Å²) in [5.41, 5.74) is 0.469.